The van der Waals surface area contributed by atoms with Crippen molar-refractivity contribution in [3.8, 4) is 0 Å². The highest BCUT2D eigenvalue weighted by atomic mass is 19.1. The lowest BCUT2D eigenvalue weighted by molar-refractivity contribution is -0.348. The number of halogens is 1. The Kier molecular flexibility index (Phi) is 6.68. The summed E-state index contributed by atoms with van der Waals surface area (Å²) >= 11 is 0. The number of benzene rings is 1. The van der Waals surface area contributed by atoms with E-state index >= 15 is 0 Å². The average Bonchev–Trinajstić information content (AvgIpc) is 3.11. The van der Waals surface area contributed by atoms with E-state index in [2.05, 4.69) is 20.4 Å². The molecule has 156 valence electrons. The summed E-state index contributed by atoms with van der Waals surface area (Å²) in [6.07, 6.45) is 4.23. The van der Waals surface area contributed by atoms with Gasteiger partial charge in [0.25, 0.3) is 0 Å². The van der Waals surface area contributed by atoms with Gasteiger partial charge >= 0.3 is 6.09 Å². The molecule has 0 aliphatic carbocycles. The third-order valence-electron chi connectivity index (χ3n) is 4.41. The molecule has 2 aromatic rings. The van der Waals surface area contributed by atoms with Crippen molar-refractivity contribution in [1.29, 1.82) is 0 Å². The zero-order valence-electron chi connectivity index (χ0n) is 16.3. The van der Waals surface area contributed by atoms with Crippen LogP contribution < -0.4 is 21.1 Å². The van der Waals surface area contributed by atoms with Crippen molar-refractivity contribution >= 4 is 35.3 Å². The predicted octanol–water partition coefficient (Wildman–Crippen LogP) is 0.0223. The van der Waals surface area contributed by atoms with Gasteiger partial charge in [0.2, 0.25) is 11.6 Å². The number of carbonyl (C=O) groups is 2. The first kappa shape index (κ1) is 20.9. The van der Waals surface area contributed by atoms with Crippen LogP contribution in [0, 0.1) is 5.82 Å². The molecule has 1 atom stereocenters. The molecule has 1 aliphatic rings. The van der Waals surface area contributed by atoms with Crippen molar-refractivity contribution in [3.05, 3.63) is 54.1 Å². The molecular weight excluding hydrogens is 391 g/mol. The number of pyridine rings is 1. The van der Waals surface area contributed by atoms with Crippen LogP contribution in [0.25, 0.3) is 0 Å². The molecule has 0 bridgehead atoms. The van der Waals surface area contributed by atoms with E-state index in [1.54, 1.807) is 18.5 Å². The first-order valence-corrected chi connectivity index (χ1v) is 9.24. The van der Waals surface area contributed by atoms with Crippen molar-refractivity contribution in [2.24, 2.45) is 10.9 Å². The van der Waals surface area contributed by atoms with Crippen LogP contribution >= 0.6 is 0 Å². The Hall–Kier alpha value is -3.82. The minimum Gasteiger partial charge on any atom is -0.442 e. The summed E-state index contributed by atoms with van der Waals surface area (Å²) in [6.45, 7) is 1.80. The number of amides is 2. The number of hydrazone groups is 1. The highest BCUT2D eigenvalue weighted by Crippen LogP contribution is 2.24. The number of rotatable bonds is 7. The Morgan fingerprint density at radius 2 is 2.20 bits per heavy atom. The third-order valence-corrected chi connectivity index (χ3v) is 4.41. The van der Waals surface area contributed by atoms with Gasteiger partial charge in [-0.1, -0.05) is 0 Å². The maximum absolute atomic E-state index is 14.6. The van der Waals surface area contributed by atoms with Gasteiger partial charge in [0, 0.05) is 37.9 Å². The summed E-state index contributed by atoms with van der Waals surface area (Å²) in [5.41, 5.74) is 2.05. The summed E-state index contributed by atoms with van der Waals surface area (Å²) in [5.74, 6) is 4.65. The zero-order chi connectivity index (χ0) is 21.5. The van der Waals surface area contributed by atoms with Gasteiger partial charge in [-0.2, -0.15) is 9.49 Å². The number of hydrogen-bond donors (Lipinski definition) is 3. The van der Waals surface area contributed by atoms with Crippen LogP contribution in [0.2, 0.25) is 0 Å². The van der Waals surface area contributed by atoms with Crippen molar-refractivity contribution in [1.82, 2.24) is 10.3 Å². The molecule has 1 aromatic carbocycles. The highest BCUT2D eigenvalue weighted by molar-refractivity contribution is 6.29. The maximum atomic E-state index is 14.6. The number of ether oxygens (including phenoxy) is 1. The molecule has 3 rings (SSSR count). The Morgan fingerprint density at radius 3 is 2.87 bits per heavy atom. The molecule has 0 spiro atoms. The molecule has 0 saturated carbocycles. The van der Waals surface area contributed by atoms with E-state index in [-0.39, 0.29) is 24.7 Å². The molecule has 2 heterocycles. The van der Waals surface area contributed by atoms with Gasteiger partial charge in [-0.05, 0) is 23.8 Å². The molecule has 0 unspecified atom stereocenters. The molecule has 30 heavy (non-hydrogen) atoms. The summed E-state index contributed by atoms with van der Waals surface area (Å²) in [6, 6.07) is 8.02. The number of cyclic esters (lactones) is 1. The van der Waals surface area contributed by atoms with Crippen LogP contribution in [0.15, 0.2) is 47.8 Å². The van der Waals surface area contributed by atoms with Crippen LogP contribution in [0.1, 0.15) is 12.5 Å². The lowest BCUT2D eigenvalue weighted by Gasteiger charge is -2.12. The lowest BCUT2D eigenvalue weighted by atomic mass is 10.1. The number of nitrogens with two attached hydrogens (primary N) is 1. The first-order valence-electron chi connectivity index (χ1n) is 9.24. The summed E-state index contributed by atoms with van der Waals surface area (Å²) < 4.78 is 19.8. The van der Waals surface area contributed by atoms with Gasteiger partial charge in [0.1, 0.15) is 11.8 Å². The topological polar surface area (TPSA) is 124 Å². The predicted molar refractivity (Wildman–Crippen MR) is 109 cm³/mol. The molecule has 1 saturated heterocycles. The zero-order valence-corrected chi connectivity index (χ0v) is 16.3. The van der Waals surface area contributed by atoms with Crippen molar-refractivity contribution in [2.45, 2.75) is 19.4 Å². The second-order valence-electron chi connectivity index (χ2n) is 6.66. The van der Waals surface area contributed by atoms with Crippen LogP contribution in [-0.2, 0) is 16.0 Å². The summed E-state index contributed by atoms with van der Waals surface area (Å²) in [7, 11) is 0. The maximum Gasteiger partial charge on any atom is 0.414 e. The van der Waals surface area contributed by atoms with Crippen molar-refractivity contribution in [2.75, 3.05) is 18.0 Å². The largest absolute Gasteiger partial charge is 0.442 e. The van der Waals surface area contributed by atoms with Crippen LogP contribution in [0.3, 0.4) is 0 Å². The standard InChI is InChI=1S/C20H21FN6O3/c1-13(28)24-11-17-12-27(20(29)30-17)16-2-3-19(18(21)9-16)25-10-15(26-22)8-14-4-6-23-7-5-14/h2-7,9-10,17H,8,11-12,22H2,1H3,(H,24,28)/p+1/b25-10?,26-15-/t17-/m0/s1. The number of aromatic nitrogens is 1. The van der Waals surface area contributed by atoms with Crippen LogP contribution in [-0.4, -0.2) is 48.1 Å². The quantitative estimate of drug-likeness (QED) is 0.335. The minimum atomic E-state index is -0.591. The third kappa shape index (κ3) is 5.37. The van der Waals surface area contributed by atoms with Crippen molar-refractivity contribution < 1.29 is 23.7 Å². The molecule has 1 aromatic heterocycles. The smallest absolute Gasteiger partial charge is 0.414 e. The average molecular weight is 413 g/mol. The van der Waals surface area contributed by atoms with Gasteiger partial charge in [-0.15, -0.1) is 0 Å². The van der Waals surface area contributed by atoms with Gasteiger partial charge < -0.3 is 15.9 Å². The fraction of sp³-hybridized carbons (Fsp3) is 0.250. The molecular formula is C20H22FN6O3+. The normalized spacial score (nSPS) is 16.7. The Balaban J connectivity index is 1.67. The number of anilines is 1. The molecule has 9 nitrogen and oxygen atoms in total. The van der Waals surface area contributed by atoms with Crippen LogP contribution in [0.4, 0.5) is 20.6 Å². The second kappa shape index (κ2) is 9.59. The van der Waals surface area contributed by atoms with E-state index in [4.69, 9.17) is 10.6 Å². The molecule has 1 aliphatic heterocycles. The molecule has 4 N–H and O–H groups in total. The fourth-order valence-corrected chi connectivity index (χ4v) is 2.89. The van der Waals surface area contributed by atoms with Crippen LogP contribution in [0.5, 0.6) is 0 Å². The van der Waals surface area contributed by atoms with E-state index in [0.717, 1.165) is 5.56 Å². The monoisotopic (exact) mass is 413 g/mol. The SMILES string of the molecule is CC(=O)NC[C@H]1CN(c2ccc([NH+]=C/C(Cc3ccncc3)=N\N)c(F)c2)C(=O)O1. The Labute approximate surface area is 172 Å². The number of nitrogens with zero attached hydrogens (tertiary/aromatic N) is 3. The highest BCUT2D eigenvalue weighted by Gasteiger charge is 2.32. The van der Waals surface area contributed by atoms with Gasteiger partial charge in [-0.3, -0.25) is 14.7 Å². The van der Waals surface area contributed by atoms with Gasteiger partial charge in [-0.25, -0.2) is 9.79 Å². The van der Waals surface area contributed by atoms with E-state index in [1.165, 1.54) is 30.2 Å². The van der Waals surface area contributed by atoms with E-state index in [1.807, 2.05) is 12.1 Å². The summed E-state index contributed by atoms with van der Waals surface area (Å²) in [4.78, 5) is 31.2. The minimum absolute atomic E-state index is 0.202. The number of nitrogens with one attached hydrogen (secondary N) is 2. The lowest BCUT2D eigenvalue weighted by Crippen LogP contribution is -2.63. The van der Waals surface area contributed by atoms with E-state index in [0.29, 0.717) is 17.8 Å². The molecule has 2 amide bonds. The summed E-state index contributed by atoms with van der Waals surface area (Å²) in [5, 5.41) is 6.31. The van der Waals surface area contributed by atoms with E-state index in [9.17, 15) is 14.0 Å². The Bertz CT molecular complexity index is 980. The number of carbonyl (C=O) groups excluding carboxylic acids is 2. The molecule has 10 heteroatoms. The Morgan fingerprint density at radius 1 is 1.43 bits per heavy atom. The van der Waals surface area contributed by atoms with E-state index < -0.39 is 18.0 Å². The molecule has 1 fully saturated rings. The molecule has 0 radical (unpaired) electrons. The fourth-order valence-electron chi connectivity index (χ4n) is 2.89. The number of hydrogen-bond acceptors (Lipinski definition) is 6. The van der Waals surface area contributed by atoms with Gasteiger partial charge in [0.15, 0.2) is 12.0 Å². The first-order chi connectivity index (χ1) is 14.5. The second-order valence-corrected chi connectivity index (χ2v) is 6.66. The van der Waals surface area contributed by atoms with Gasteiger partial charge in [0.05, 0.1) is 18.8 Å². The van der Waals surface area contributed by atoms with Crippen molar-refractivity contribution in [3.63, 3.8) is 0 Å².